The molecular weight excluding hydrogens is 312 g/mol. The van der Waals surface area contributed by atoms with E-state index in [9.17, 15) is 9.59 Å². The van der Waals surface area contributed by atoms with Crippen molar-refractivity contribution in [2.75, 3.05) is 24.7 Å². The summed E-state index contributed by atoms with van der Waals surface area (Å²) in [6.45, 7) is 0.453. The van der Waals surface area contributed by atoms with Gasteiger partial charge < -0.3 is 10.1 Å². The number of nitrogens with one attached hydrogen (secondary N) is 1. The van der Waals surface area contributed by atoms with E-state index in [-0.39, 0.29) is 25.1 Å². The maximum atomic E-state index is 12.4. The second-order valence-electron chi connectivity index (χ2n) is 5.05. The Hall–Kier alpha value is -1.40. The number of thioether (sulfide) groups is 1. The maximum Gasteiger partial charge on any atom is 0.325 e. The van der Waals surface area contributed by atoms with Crippen LogP contribution < -0.4 is 10.1 Å². The standard InChI is InChI=1S/C14H15ClN2O3S/c15-10-3-1-2-4-11(10)20-7-6-17-12(18)14(16-13(17)19)5-8-21-9-14/h1-4H,5-9H2,(H,16,19). The molecule has 0 aliphatic carbocycles. The number of urea groups is 1. The number of para-hydroxylation sites is 1. The summed E-state index contributed by atoms with van der Waals surface area (Å²) in [7, 11) is 0. The van der Waals surface area contributed by atoms with E-state index in [0.29, 0.717) is 22.9 Å². The molecule has 2 heterocycles. The first-order chi connectivity index (χ1) is 10.1. The molecule has 0 bridgehead atoms. The van der Waals surface area contributed by atoms with Crippen molar-refractivity contribution in [1.29, 1.82) is 0 Å². The Bertz CT molecular complexity index is 575. The molecule has 3 rings (SSSR count). The van der Waals surface area contributed by atoms with E-state index in [0.717, 1.165) is 5.75 Å². The third-order valence-corrected chi connectivity index (χ3v) is 5.18. The molecule has 1 N–H and O–H groups in total. The second kappa shape index (κ2) is 5.77. The lowest BCUT2D eigenvalue weighted by atomic mass is 9.99. The molecule has 0 radical (unpaired) electrons. The number of halogens is 1. The van der Waals surface area contributed by atoms with Crippen LogP contribution in [0.25, 0.3) is 0 Å². The summed E-state index contributed by atoms with van der Waals surface area (Å²) in [5, 5.41) is 3.34. The van der Waals surface area contributed by atoms with Gasteiger partial charge in [-0.05, 0) is 24.3 Å². The van der Waals surface area contributed by atoms with Crippen LogP contribution in [0.2, 0.25) is 5.02 Å². The molecule has 0 aromatic heterocycles. The Morgan fingerprint density at radius 1 is 1.38 bits per heavy atom. The van der Waals surface area contributed by atoms with Crippen LogP contribution in [0.1, 0.15) is 6.42 Å². The number of hydrogen-bond acceptors (Lipinski definition) is 4. The SMILES string of the molecule is O=C1NC2(CCSC2)C(=O)N1CCOc1ccccc1Cl. The molecule has 2 aliphatic rings. The number of rotatable bonds is 4. The second-order valence-corrected chi connectivity index (χ2v) is 6.56. The fourth-order valence-corrected chi connectivity index (χ4v) is 4.04. The van der Waals surface area contributed by atoms with Gasteiger partial charge in [0.25, 0.3) is 5.91 Å². The Kier molecular flexibility index (Phi) is 3.99. The number of carbonyl (C=O) groups is 2. The Morgan fingerprint density at radius 2 is 2.19 bits per heavy atom. The van der Waals surface area contributed by atoms with Gasteiger partial charge in [-0.2, -0.15) is 11.8 Å². The largest absolute Gasteiger partial charge is 0.490 e. The van der Waals surface area contributed by atoms with Crippen LogP contribution >= 0.6 is 23.4 Å². The first-order valence-corrected chi connectivity index (χ1v) is 8.25. The van der Waals surface area contributed by atoms with Gasteiger partial charge in [0.15, 0.2) is 0 Å². The lowest BCUT2D eigenvalue weighted by Crippen LogP contribution is -2.47. The molecule has 0 saturated carbocycles. The maximum absolute atomic E-state index is 12.4. The molecule has 1 aromatic carbocycles. The lowest BCUT2D eigenvalue weighted by molar-refractivity contribution is -0.130. The van der Waals surface area contributed by atoms with Gasteiger partial charge >= 0.3 is 6.03 Å². The highest BCUT2D eigenvalue weighted by Crippen LogP contribution is 2.33. The number of imide groups is 1. The molecule has 3 amide bonds. The molecule has 112 valence electrons. The minimum atomic E-state index is -0.688. The number of hydrogen-bond donors (Lipinski definition) is 1. The van der Waals surface area contributed by atoms with Crippen molar-refractivity contribution in [2.24, 2.45) is 0 Å². The smallest absolute Gasteiger partial charge is 0.325 e. The summed E-state index contributed by atoms with van der Waals surface area (Å²) < 4.78 is 5.54. The van der Waals surface area contributed by atoms with Gasteiger partial charge in [0, 0.05) is 5.75 Å². The first kappa shape index (κ1) is 14.5. The molecule has 7 heteroatoms. The summed E-state index contributed by atoms with van der Waals surface area (Å²) in [6.07, 6.45) is 0.699. The third-order valence-electron chi connectivity index (χ3n) is 3.68. The number of ether oxygens (including phenoxy) is 1. The highest BCUT2D eigenvalue weighted by atomic mass is 35.5. The van der Waals surface area contributed by atoms with Crippen molar-refractivity contribution in [3.05, 3.63) is 29.3 Å². The van der Waals surface area contributed by atoms with Gasteiger partial charge in [0.2, 0.25) is 0 Å². The van der Waals surface area contributed by atoms with Crippen LogP contribution in [0, 0.1) is 0 Å². The van der Waals surface area contributed by atoms with Gasteiger partial charge in [0.05, 0.1) is 11.6 Å². The Labute approximate surface area is 132 Å². The summed E-state index contributed by atoms with van der Waals surface area (Å²) in [4.78, 5) is 25.6. The molecule has 1 unspecified atom stereocenters. The fraction of sp³-hybridized carbons (Fsp3) is 0.429. The first-order valence-electron chi connectivity index (χ1n) is 6.72. The molecule has 1 aromatic rings. The van der Waals surface area contributed by atoms with Gasteiger partial charge in [-0.3, -0.25) is 9.69 Å². The lowest BCUT2D eigenvalue weighted by Gasteiger charge is -2.19. The van der Waals surface area contributed by atoms with Crippen LogP contribution in [0.5, 0.6) is 5.75 Å². The predicted octanol–water partition coefficient (Wildman–Crippen LogP) is 2.15. The van der Waals surface area contributed by atoms with E-state index in [2.05, 4.69) is 5.32 Å². The van der Waals surface area contributed by atoms with E-state index in [4.69, 9.17) is 16.3 Å². The fourth-order valence-electron chi connectivity index (χ4n) is 2.52. The van der Waals surface area contributed by atoms with E-state index < -0.39 is 5.54 Å². The quantitative estimate of drug-likeness (QED) is 0.861. The summed E-state index contributed by atoms with van der Waals surface area (Å²) in [5.41, 5.74) is -0.688. The zero-order chi connectivity index (χ0) is 14.9. The van der Waals surface area contributed by atoms with Crippen molar-refractivity contribution in [2.45, 2.75) is 12.0 Å². The normalized spacial score (nSPS) is 24.7. The van der Waals surface area contributed by atoms with Crippen molar-refractivity contribution in [3.63, 3.8) is 0 Å². The number of amides is 3. The minimum absolute atomic E-state index is 0.139. The zero-order valence-corrected chi connectivity index (χ0v) is 12.9. The molecule has 2 fully saturated rings. The molecule has 1 atom stereocenters. The van der Waals surface area contributed by atoms with Crippen LogP contribution in [-0.2, 0) is 4.79 Å². The number of nitrogens with zero attached hydrogens (tertiary/aromatic N) is 1. The Morgan fingerprint density at radius 3 is 2.90 bits per heavy atom. The van der Waals surface area contributed by atoms with Crippen molar-refractivity contribution in [1.82, 2.24) is 10.2 Å². The summed E-state index contributed by atoms with van der Waals surface area (Å²) >= 11 is 7.68. The Balaban J connectivity index is 1.59. The van der Waals surface area contributed by atoms with E-state index in [1.165, 1.54) is 4.90 Å². The zero-order valence-electron chi connectivity index (χ0n) is 11.3. The number of benzene rings is 1. The highest BCUT2D eigenvalue weighted by molar-refractivity contribution is 7.99. The topological polar surface area (TPSA) is 58.6 Å². The van der Waals surface area contributed by atoms with Crippen molar-refractivity contribution in [3.8, 4) is 5.75 Å². The van der Waals surface area contributed by atoms with Gasteiger partial charge in [-0.15, -0.1) is 0 Å². The molecule has 2 aliphatic heterocycles. The molecule has 21 heavy (non-hydrogen) atoms. The van der Waals surface area contributed by atoms with Crippen molar-refractivity contribution < 1.29 is 14.3 Å². The predicted molar refractivity (Wildman–Crippen MR) is 81.9 cm³/mol. The van der Waals surface area contributed by atoms with Gasteiger partial charge in [-0.1, -0.05) is 23.7 Å². The van der Waals surface area contributed by atoms with Crippen molar-refractivity contribution >= 4 is 35.3 Å². The average molecular weight is 327 g/mol. The summed E-state index contributed by atoms with van der Waals surface area (Å²) in [5.74, 6) is 1.97. The molecule has 1 spiro atoms. The van der Waals surface area contributed by atoms with Crippen LogP contribution in [0.15, 0.2) is 24.3 Å². The molecule has 5 nitrogen and oxygen atoms in total. The molecular formula is C14H15ClN2O3S. The van der Waals surface area contributed by atoms with Crippen LogP contribution in [0.3, 0.4) is 0 Å². The van der Waals surface area contributed by atoms with Crippen LogP contribution in [-0.4, -0.2) is 47.0 Å². The van der Waals surface area contributed by atoms with Gasteiger partial charge in [0.1, 0.15) is 17.9 Å². The third kappa shape index (κ3) is 2.70. The molecule has 2 saturated heterocycles. The van der Waals surface area contributed by atoms with Gasteiger partial charge in [-0.25, -0.2) is 4.79 Å². The van der Waals surface area contributed by atoms with E-state index in [1.807, 2.05) is 12.1 Å². The monoisotopic (exact) mass is 326 g/mol. The average Bonchev–Trinajstić information content (AvgIpc) is 3.02. The van der Waals surface area contributed by atoms with Crippen LogP contribution in [0.4, 0.5) is 4.79 Å². The number of carbonyl (C=O) groups excluding carboxylic acids is 2. The minimum Gasteiger partial charge on any atom is -0.490 e. The van der Waals surface area contributed by atoms with E-state index in [1.54, 1.807) is 23.9 Å². The highest BCUT2D eigenvalue weighted by Gasteiger charge is 2.52. The summed E-state index contributed by atoms with van der Waals surface area (Å²) in [6, 6.07) is 6.79. The van der Waals surface area contributed by atoms with E-state index >= 15 is 0 Å².